The third-order valence-electron chi connectivity index (χ3n) is 7.37. The highest BCUT2D eigenvalue weighted by Gasteiger charge is 2.42. The zero-order valence-electron chi connectivity index (χ0n) is 25.7. The molecule has 0 heterocycles. The minimum atomic E-state index is -5.05. The van der Waals surface area contributed by atoms with Crippen LogP contribution >= 0.6 is 0 Å². The summed E-state index contributed by atoms with van der Waals surface area (Å²) in [5.41, 5.74) is -7.33. The van der Waals surface area contributed by atoms with Crippen LogP contribution in [-0.4, -0.2) is 24.1 Å². The van der Waals surface area contributed by atoms with E-state index in [2.05, 4.69) is 5.32 Å². The minimum Gasteiger partial charge on any atom is -0.473 e. The Morgan fingerprint density at radius 2 is 1.35 bits per heavy atom. The standard InChI is InChI=1S/C35H29F8NO4/c1-4-47-31(46)32(2,3)48-29-19-23(13-14-28(29)37)33(20-21-9-6-5-7-10-21,25-16-26(35(41,42)43)18-27(36)17-25)44-30(45)22-11-8-12-24(15-22)34(38,39)40/h5-19H,4,20H2,1-3H3,(H,44,45). The number of nitrogens with one attached hydrogen (secondary N) is 1. The van der Waals surface area contributed by atoms with Crippen LogP contribution in [0.3, 0.4) is 0 Å². The summed E-state index contributed by atoms with van der Waals surface area (Å²) in [5.74, 6) is -4.97. The van der Waals surface area contributed by atoms with Gasteiger partial charge < -0.3 is 14.8 Å². The molecule has 0 aromatic heterocycles. The van der Waals surface area contributed by atoms with Crippen LogP contribution in [0.4, 0.5) is 35.1 Å². The van der Waals surface area contributed by atoms with E-state index in [1.807, 2.05) is 0 Å². The van der Waals surface area contributed by atoms with Crippen molar-refractivity contribution in [1.82, 2.24) is 5.32 Å². The Bertz CT molecular complexity index is 1790. The van der Waals surface area contributed by atoms with Crippen molar-refractivity contribution in [3.05, 3.63) is 136 Å². The first-order chi connectivity index (χ1) is 22.4. The van der Waals surface area contributed by atoms with Crippen molar-refractivity contribution < 1.29 is 54.2 Å². The van der Waals surface area contributed by atoms with Crippen molar-refractivity contribution in [2.75, 3.05) is 6.61 Å². The van der Waals surface area contributed by atoms with Crippen LogP contribution in [0.15, 0.2) is 91.0 Å². The molecule has 0 radical (unpaired) electrons. The number of alkyl halides is 6. The second-order valence-electron chi connectivity index (χ2n) is 11.3. The van der Waals surface area contributed by atoms with E-state index in [0.717, 1.165) is 42.5 Å². The maximum atomic E-state index is 15.3. The van der Waals surface area contributed by atoms with E-state index >= 15 is 8.78 Å². The largest absolute Gasteiger partial charge is 0.473 e. The van der Waals surface area contributed by atoms with E-state index in [-0.39, 0.29) is 18.2 Å². The lowest BCUT2D eigenvalue weighted by atomic mass is 9.77. The van der Waals surface area contributed by atoms with Gasteiger partial charge in [0.1, 0.15) is 5.82 Å². The highest BCUT2D eigenvalue weighted by molar-refractivity contribution is 5.95. The van der Waals surface area contributed by atoms with Gasteiger partial charge in [-0.05, 0) is 86.0 Å². The number of rotatable bonds is 10. The Morgan fingerprint density at radius 3 is 1.98 bits per heavy atom. The van der Waals surface area contributed by atoms with Crippen LogP contribution in [0.2, 0.25) is 0 Å². The SMILES string of the molecule is CCOC(=O)C(C)(C)Oc1cc(C(Cc2ccccc2)(NC(=O)c2cccc(C(F)(F)F)c2)c2cc(F)cc(C(F)(F)F)c2)ccc1F. The second-order valence-corrected chi connectivity index (χ2v) is 11.3. The van der Waals surface area contributed by atoms with Crippen LogP contribution in [0.25, 0.3) is 0 Å². The Kier molecular flexibility index (Phi) is 10.2. The van der Waals surface area contributed by atoms with Gasteiger partial charge in [-0.25, -0.2) is 13.6 Å². The molecule has 0 fully saturated rings. The van der Waals surface area contributed by atoms with E-state index < -0.39 is 81.4 Å². The lowest BCUT2D eigenvalue weighted by Gasteiger charge is -2.37. The van der Waals surface area contributed by atoms with E-state index in [1.165, 1.54) is 20.8 Å². The third kappa shape index (κ3) is 8.12. The molecule has 0 aliphatic heterocycles. The second kappa shape index (κ2) is 13.7. The molecule has 4 aromatic carbocycles. The number of carbonyl (C=O) groups is 2. The average Bonchev–Trinajstić information content (AvgIpc) is 3.01. The monoisotopic (exact) mass is 679 g/mol. The lowest BCUT2D eigenvalue weighted by Crippen LogP contribution is -2.49. The Labute approximate surface area is 270 Å². The first kappa shape index (κ1) is 35.9. The molecule has 0 aliphatic rings. The van der Waals surface area contributed by atoms with Crippen LogP contribution in [0.1, 0.15) is 58.9 Å². The number of amides is 1. The lowest BCUT2D eigenvalue weighted by molar-refractivity contribution is -0.158. The number of hydrogen-bond acceptors (Lipinski definition) is 4. The molecule has 0 aliphatic carbocycles. The zero-order valence-corrected chi connectivity index (χ0v) is 25.7. The van der Waals surface area contributed by atoms with E-state index in [0.29, 0.717) is 17.7 Å². The summed E-state index contributed by atoms with van der Waals surface area (Å²) in [6, 6.07) is 15.8. The van der Waals surface area contributed by atoms with Crippen LogP contribution in [0, 0.1) is 11.6 Å². The van der Waals surface area contributed by atoms with E-state index in [1.54, 1.807) is 30.3 Å². The van der Waals surface area contributed by atoms with Gasteiger partial charge in [0, 0.05) is 12.0 Å². The number of ether oxygens (including phenoxy) is 2. The van der Waals surface area contributed by atoms with Gasteiger partial charge in [-0.1, -0.05) is 42.5 Å². The molecule has 48 heavy (non-hydrogen) atoms. The van der Waals surface area contributed by atoms with Crippen molar-refractivity contribution in [2.24, 2.45) is 0 Å². The van der Waals surface area contributed by atoms with Crippen molar-refractivity contribution in [2.45, 2.75) is 50.7 Å². The molecule has 4 rings (SSSR count). The van der Waals surface area contributed by atoms with Crippen molar-refractivity contribution in [3.63, 3.8) is 0 Å². The molecule has 0 saturated heterocycles. The fourth-order valence-electron chi connectivity index (χ4n) is 5.03. The summed E-state index contributed by atoms with van der Waals surface area (Å²) in [7, 11) is 0. The Balaban J connectivity index is 2.02. The number of esters is 1. The van der Waals surface area contributed by atoms with Gasteiger partial charge in [0.15, 0.2) is 17.2 Å². The Hall–Kier alpha value is -4.94. The van der Waals surface area contributed by atoms with Crippen molar-refractivity contribution in [3.8, 4) is 5.75 Å². The third-order valence-corrected chi connectivity index (χ3v) is 7.37. The summed E-state index contributed by atoms with van der Waals surface area (Å²) < 4.78 is 124. The fraction of sp³-hybridized carbons (Fsp3) is 0.257. The molecule has 0 bridgehead atoms. The van der Waals surface area contributed by atoms with Crippen molar-refractivity contribution in [1.29, 1.82) is 0 Å². The minimum absolute atomic E-state index is 0.0307. The number of hydrogen-bond donors (Lipinski definition) is 1. The number of carbonyl (C=O) groups excluding carboxylic acids is 2. The van der Waals surface area contributed by atoms with Gasteiger partial charge in [-0.2, -0.15) is 26.3 Å². The van der Waals surface area contributed by atoms with E-state index in [4.69, 9.17) is 9.47 Å². The smallest absolute Gasteiger partial charge is 0.416 e. The Morgan fingerprint density at radius 1 is 0.708 bits per heavy atom. The van der Waals surface area contributed by atoms with Crippen LogP contribution < -0.4 is 10.1 Å². The highest BCUT2D eigenvalue weighted by atomic mass is 19.4. The normalized spacial score (nSPS) is 13.4. The van der Waals surface area contributed by atoms with E-state index in [9.17, 15) is 35.9 Å². The molecule has 5 nitrogen and oxygen atoms in total. The molecule has 254 valence electrons. The summed E-state index contributed by atoms with van der Waals surface area (Å²) >= 11 is 0. The summed E-state index contributed by atoms with van der Waals surface area (Å²) in [5, 5.41) is 2.56. The first-order valence-electron chi connectivity index (χ1n) is 14.4. The maximum Gasteiger partial charge on any atom is 0.416 e. The molecule has 1 unspecified atom stereocenters. The highest BCUT2D eigenvalue weighted by Crippen LogP contribution is 2.40. The average molecular weight is 680 g/mol. The number of halogens is 8. The fourth-order valence-corrected chi connectivity index (χ4v) is 5.03. The molecule has 0 spiro atoms. The molecule has 1 N–H and O–H groups in total. The summed E-state index contributed by atoms with van der Waals surface area (Å²) in [6.45, 7) is 4.07. The molecule has 1 amide bonds. The van der Waals surface area contributed by atoms with Crippen LogP contribution in [0.5, 0.6) is 5.75 Å². The van der Waals surface area contributed by atoms with Gasteiger partial charge >= 0.3 is 18.3 Å². The van der Waals surface area contributed by atoms with Crippen LogP contribution in [-0.2, 0) is 33.8 Å². The first-order valence-corrected chi connectivity index (χ1v) is 14.4. The van der Waals surface area contributed by atoms with Crippen molar-refractivity contribution >= 4 is 11.9 Å². The topological polar surface area (TPSA) is 64.6 Å². The number of benzene rings is 4. The van der Waals surface area contributed by atoms with Gasteiger partial charge in [0.2, 0.25) is 0 Å². The molecular weight excluding hydrogens is 650 g/mol. The maximum absolute atomic E-state index is 15.3. The zero-order chi connectivity index (χ0) is 35.5. The molecule has 4 aromatic rings. The molecular formula is C35H29F8NO4. The predicted octanol–water partition coefficient (Wildman–Crippen LogP) is 8.64. The van der Waals surface area contributed by atoms with Gasteiger partial charge in [-0.3, -0.25) is 4.79 Å². The quantitative estimate of drug-likeness (QED) is 0.135. The van der Waals surface area contributed by atoms with Gasteiger partial charge in [-0.15, -0.1) is 0 Å². The predicted molar refractivity (Wildman–Crippen MR) is 159 cm³/mol. The summed E-state index contributed by atoms with van der Waals surface area (Å²) in [6.07, 6.45) is -10.3. The van der Waals surface area contributed by atoms with Gasteiger partial charge in [0.05, 0.1) is 23.3 Å². The molecule has 1 atom stereocenters. The van der Waals surface area contributed by atoms with Gasteiger partial charge in [0.25, 0.3) is 5.91 Å². The molecule has 0 saturated carbocycles. The molecule has 13 heteroatoms. The summed E-state index contributed by atoms with van der Waals surface area (Å²) in [4.78, 5) is 26.4.